The Kier molecular flexibility index (Phi) is 4.95. The average molecular weight is 319 g/mol. The van der Waals surface area contributed by atoms with Crippen LogP contribution in [0.1, 0.15) is 28.4 Å². The first-order valence-corrected chi connectivity index (χ1v) is 8.32. The summed E-state index contributed by atoms with van der Waals surface area (Å²) >= 11 is 0. The van der Waals surface area contributed by atoms with Gasteiger partial charge in [0.1, 0.15) is 12.0 Å². The third-order valence-electron chi connectivity index (χ3n) is 3.16. The van der Waals surface area contributed by atoms with Gasteiger partial charge in [-0.25, -0.2) is 13.6 Å². The molecule has 5 nitrogen and oxygen atoms in total. The highest BCUT2D eigenvalue weighted by Gasteiger charge is 2.20. The van der Waals surface area contributed by atoms with E-state index in [4.69, 9.17) is 9.88 Å². The van der Waals surface area contributed by atoms with Crippen molar-refractivity contribution in [1.82, 2.24) is 0 Å². The summed E-state index contributed by atoms with van der Waals surface area (Å²) in [7, 11) is -3.97. The van der Waals surface area contributed by atoms with Gasteiger partial charge < -0.3 is 4.74 Å². The van der Waals surface area contributed by atoms with Gasteiger partial charge in [-0.05, 0) is 24.6 Å². The fourth-order valence-electron chi connectivity index (χ4n) is 2.22. The zero-order chi connectivity index (χ0) is 16.2. The summed E-state index contributed by atoms with van der Waals surface area (Å²) in [5.74, 6) is 0.361. The molecular weight excluding hydrogens is 302 g/mol. The first kappa shape index (κ1) is 16.2. The predicted molar refractivity (Wildman–Crippen MR) is 83.6 cm³/mol. The van der Waals surface area contributed by atoms with Crippen molar-refractivity contribution in [1.29, 1.82) is 0 Å². The lowest BCUT2D eigenvalue weighted by molar-refractivity contribution is 0.112. The zero-order valence-corrected chi connectivity index (χ0v) is 13.0. The number of nitrogens with two attached hydrogens (primary N) is 1. The number of primary sulfonamides is 1. The number of carbonyl (C=O) groups is 1. The second kappa shape index (κ2) is 6.72. The lowest BCUT2D eigenvalue weighted by Gasteiger charge is -2.15. The van der Waals surface area contributed by atoms with Gasteiger partial charge in [0, 0.05) is 17.5 Å². The molecule has 0 aliphatic carbocycles. The molecule has 2 N–H and O–H groups in total. The number of benzene rings is 2. The van der Waals surface area contributed by atoms with E-state index in [1.807, 2.05) is 30.3 Å². The Labute approximate surface area is 129 Å². The van der Waals surface area contributed by atoms with E-state index in [0.717, 1.165) is 5.56 Å². The first-order chi connectivity index (χ1) is 10.5. The topological polar surface area (TPSA) is 86.5 Å². The zero-order valence-electron chi connectivity index (χ0n) is 12.2. The van der Waals surface area contributed by atoms with Gasteiger partial charge in [-0.2, -0.15) is 0 Å². The van der Waals surface area contributed by atoms with Crippen LogP contribution in [0.3, 0.4) is 0 Å². The summed E-state index contributed by atoms with van der Waals surface area (Å²) in [6.45, 7) is 2.14. The molecule has 2 rings (SSSR count). The third-order valence-corrected chi connectivity index (χ3v) is 4.13. The lowest BCUT2D eigenvalue weighted by Crippen LogP contribution is -2.16. The first-order valence-electron chi connectivity index (χ1n) is 6.77. The number of rotatable bonds is 6. The molecule has 0 atom stereocenters. The van der Waals surface area contributed by atoms with E-state index in [-0.39, 0.29) is 10.5 Å². The van der Waals surface area contributed by atoms with Crippen LogP contribution in [0.25, 0.3) is 0 Å². The Balaban J connectivity index is 2.64. The van der Waals surface area contributed by atoms with Crippen LogP contribution in [0.15, 0.2) is 47.4 Å². The molecule has 0 amide bonds. The molecular formula is C16H17NO4S. The van der Waals surface area contributed by atoms with Gasteiger partial charge in [0.05, 0.1) is 11.5 Å². The molecule has 0 saturated carbocycles. The molecule has 0 heterocycles. The summed E-state index contributed by atoms with van der Waals surface area (Å²) in [6, 6.07) is 12.2. The molecule has 0 saturated heterocycles. The van der Waals surface area contributed by atoms with Crippen molar-refractivity contribution < 1.29 is 17.9 Å². The number of hydrogen-bond acceptors (Lipinski definition) is 4. The Morgan fingerprint density at radius 3 is 2.41 bits per heavy atom. The monoisotopic (exact) mass is 319 g/mol. The summed E-state index contributed by atoms with van der Waals surface area (Å²) < 4.78 is 29.3. The lowest BCUT2D eigenvalue weighted by atomic mass is 10.0. The van der Waals surface area contributed by atoms with Crippen molar-refractivity contribution in [3.8, 4) is 5.75 Å². The summed E-state index contributed by atoms with van der Waals surface area (Å²) in [4.78, 5) is 10.9. The highest BCUT2D eigenvalue weighted by molar-refractivity contribution is 7.89. The molecule has 0 bridgehead atoms. The van der Waals surface area contributed by atoms with Crippen molar-refractivity contribution in [3.05, 3.63) is 59.2 Å². The molecule has 0 aromatic heterocycles. The fraction of sp³-hybridized carbons (Fsp3) is 0.188. The molecule has 0 unspecified atom stereocenters. The maximum Gasteiger partial charge on any atom is 0.238 e. The van der Waals surface area contributed by atoms with Crippen LogP contribution in [-0.4, -0.2) is 21.3 Å². The molecule has 22 heavy (non-hydrogen) atoms. The van der Waals surface area contributed by atoms with Crippen molar-refractivity contribution >= 4 is 16.3 Å². The van der Waals surface area contributed by atoms with Crippen molar-refractivity contribution in [2.45, 2.75) is 18.2 Å². The van der Waals surface area contributed by atoms with E-state index >= 15 is 0 Å². The molecule has 0 aliphatic heterocycles. The minimum Gasteiger partial charge on any atom is -0.494 e. The highest BCUT2D eigenvalue weighted by Crippen LogP contribution is 2.29. The molecule has 6 heteroatoms. The van der Waals surface area contributed by atoms with Gasteiger partial charge in [-0.3, -0.25) is 4.79 Å². The Morgan fingerprint density at radius 2 is 1.86 bits per heavy atom. The van der Waals surface area contributed by atoms with E-state index in [0.29, 0.717) is 30.6 Å². The van der Waals surface area contributed by atoms with E-state index in [1.54, 1.807) is 6.92 Å². The number of carbonyl (C=O) groups excluding carboxylic acids is 1. The molecule has 0 aliphatic rings. The largest absolute Gasteiger partial charge is 0.494 e. The van der Waals surface area contributed by atoms with Gasteiger partial charge in [0.15, 0.2) is 0 Å². The van der Waals surface area contributed by atoms with Gasteiger partial charge in [-0.1, -0.05) is 30.3 Å². The SMILES string of the molecule is CCOc1cc(C=O)cc(S(N)(=O)=O)c1Cc1ccccc1. The number of ether oxygens (including phenoxy) is 1. The van der Waals surface area contributed by atoms with E-state index < -0.39 is 10.0 Å². The van der Waals surface area contributed by atoms with Crippen LogP contribution < -0.4 is 9.88 Å². The Morgan fingerprint density at radius 1 is 1.18 bits per heavy atom. The van der Waals surface area contributed by atoms with E-state index in [1.165, 1.54) is 12.1 Å². The average Bonchev–Trinajstić information content (AvgIpc) is 2.49. The van der Waals surface area contributed by atoms with Gasteiger partial charge >= 0.3 is 0 Å². The van der Waals surface area contributed by atoms with Gasteiger partial charge in [0.2, 0.25) is 10.0 Å². The number of hydrogen-bond donors (Lipinski definition) is 1. The normalized spacial score (nSPS) is 11.2. The molecule has 0 radical (unpaired) electrons. The molecule has 0 spiro atoms. The summed E-state index contributed by atoms with van der Waals surface area (Å²) in [5, 5.41) is 5.30. The minimum absolute atomic E-state index is 0.0793. The number of aldehydes is 1. The Hall–Kier alpha value is -2.18. The third kappa shape index (κ3) is 3.72. The second-order valence-corrected chi connectivity index (χ2v) is 6.28. The number of sulfonamides is 1. The van der Waals surface area contributed by atoms with E-state index in [2.05, 4.69) is 0 Å². The van der Waals surface area contributed by atoms with Gasteiger partial charge in [0.25, 0.3) is 0 Å². The van der Waals surface area contributed by atoms with Crippen molar-refractivity contribution in [3.63, 3.8) is 0 Å². The summed E-state index contributed by atoms with van der Waals surface area (Å²) in [6.07, 6.45) is 0.921. The second-order valence-electron chi connectivity index (χ2n) is 4.75. The molecule has 0 fully saturated rings. The van der Waals surface area contributed by atoms with Crippen LogP contribution in [0.2, 0.25) is 0 Å². The highest BCUT2D eigenvalue weighted by atomic mass is 32.2. The van der Waals surface area contributed by atoms with Crippen molar-refractivity contribution in [2.75, 3.05) is 6.61 Å². The maximum atomic E-state index is 11.9. The van der Waals surface area contributed by atoms with Crippen molar-refractivity contribution in [2.24, 2.45) is 5.14 Å². The molecule has 116 valence electrons. The summed E-state index contributed by atoms with van der Waals surface area (Å²) in [5.41, 5.74) is 1.60. The van der Waals surface area contributed by atoms with E-state index in [9.17, 15) is 13.2 Å². The van der Waals surface area contributed by atoms with Crippen LogP contribution >= 0.6 is 0 Å². The smallest absolute Gasteiger partial charge is 0.238 e. The van der Waals surface area contributed by atoms with Crippen LogP contribution in [0.4, 0.5) is 0 Å². The minimum atomic E-state index is -3.97. The molecule has 2 aromatic rings. The van der Waals surface area contributed by atoms with Crippen LogP contribution in [-0.2, 0) is 16.4 Å². The molecule has 2 aromatic carbocycles. The maximum absolute atomic E-state index is 11.9. The quantitative estimate of drug-likeness (QED) is 0.826. The Bertz CT molecular complexity index is 770. The predicted octanol–water partition coefficient (Wildman–Crippen LogP) is 2.14. The standard InChI is InChI=1S/C16H17NO4S/c1-2-21-15-9-13(11-18)10-16(22(17,19)20)14(15)8-12-6-4-3-5-7-12/h3-7,9-11H,2,8H2,1H3,(H2,17,19,20). The van der Waals surface area contributed by atoms with Crippen LogP contribution in [0, 0.1) is 0 Å². The van der Waals surface area contributed by atoms with Gasteiger partial charge in [-0.15, -0.1) is 0 Å². The fourth-order valence-corrected chi connectivity index (χ4v) is 3.04. The van der Waals surface area contributed by atoms with Crippen LogP contribution in [0.5, 0.6) is 5.75 Å².